The fourth-order valence-corrected chi connectivity index (χ4v) is 4.71. The SMILES string of the molecule is O=C(C(O)C(O)c1nc2ccccc2s1)N1CCN(Cc2c(F)cccc2Cl)CC1. The third-order valence-electron chi connectivity index (χ3n) is 5.24. The molecule has 1 aliphatic heterocycles. The van der Waals surface area contributed by atoms with E-state index in [0.29, 0.717) is 48.3 Å². The highest BCUT2D eigenvalue weighted by molar-refractivity contribution is 7.18. The van der Waals surface area contributed by atoms with Gasteiger partial charge in [-0.15, -0.1) is 11.3 Å². The highest BCUT2D eigenvalue weighted by atomic mass is 35.5. The molecule has 0 spiro atoms. The van der Waals surface area contributed by atoms with Gasteiger partial charge < -0.3 is 15.1 Å². The van der Waals surface area contributed by atoms with Crippen molar-refractivity contribution in [3.8, 4) is 0 Å². The third-order valence-corrected chi connectivity index (χ3v) is 6.70. The van der Waals surface area contributed by atoms with Gasteiger partial charge in [0.2, 0.25) is 0 Å². The van der Waals surface area contributed by atoms with E-state index in [4.69, 9.17) is 11.6 Å². The Morgan fingerprint density at radius 1 is 1.13 bits per heavy atom. The maximum atomic E-state index is 14.0. The Morgan fingerprint density at radius 2 is 1.87 bits per heavy atom. The summed E-state index contributed by atoms with van der Waals surface area (Å²) in [7, 11) is 0. The Bertz CT molecular complexity index is 1000. The lowest BCUT2D eigenvalue weighted by Gasteiger charge is -2.36. The topological polar surface area (TPSA) is 76.9 Å². The fraction of sp³-hybridized carbons (Fsp3) is 0.333. The molecule has 1 aliphatic rings. The molecule has 2 heterocycles. The summed E-state index contributed by atoms with van der Waals surface area (Å²) in [6, 6.07) is 12.0. The van der Waals surface area contributed by atoms with E-state index in [1.807, 2.05) is 29.2 Å². The molecule has 2 atom stereocenters. The lowest BCUT2D eigenvalue weighted by molar-refractivity contribution is -0.148. The molecular formula is C21H21ClFN3O3S. The van der Waals surface area contributed by atoms with Crippen molar-refractivity contribution < 1.29 is 19.4 Å². The van der Waals surface area contributed by atoms with Crippen molar-refractivity contribution in [3.63, 3.8) is 0 Å². The molecule has 6 nitrogen and oxygen atoms in total. The van der Waals surface area contributed by atoms with Gasteiger partial charge in [0, 0.05) is 43.3 Å². The van der Waals surface area contributed by atoms with Crippen molar-refractivity contribution in [3.05, 3.63) is 63.9 Å². The number of carbonyl (C=O) groups is 1. The van der Waals surface area contributed by atoms with E-state index < -0.39 is 18.1 Å². The summed E-state index contributed by atoms with van der Waals surface area (Å²) in [5.41, 5.74) is 1.15. The molecule has 158 valence electrons. The molecule has 1 fully saturated rings. The van der Waals surface area contributed by atoms with Gasteiger partial charge in [0.25, 0.3) is 5.91 Å². The molecule has 0 saturated carbocycles. The summed E-state index contributed by atoms with van der Waals surface area (Å²) in [6.07, 6.45) is -2.97. The first-order valence-corrected chi connectivity index (χ1v) is 10.8. The van der Waals surface area contributed by atoms with E-state index in [1.165, 1.54) is 22.3 Å². The van der Waals surface area contributed by atoms with Crippen LogP contribution in [-0.2, 0) is 11.3 Å². The van der Waals surface area contributed by atoms with E-state index in [0.717, 1.165) is 10.2 Å². The number of amides is 1. The average Bonchev–Trinajstić information content (AvgIpc) is 3.19. The predicted octanol–water partition coefficient (Wildman–Crippen LogP) is 2.83. The molecule has 2 N–H and O–H groups in total. The molecular weight excluding hydrogens is 429 g/mol. The van der Waals surface area contributed by atoms with Crippen LogP contribution in [0, 0.1) is 5.82 Å². The number of thiazole rings is 1. The van der Waals surface area contributed by atoms with Crippen LogP contribution in [0.5, 0.6) is 0 Å². The molecule has 3 aromatic rings. The minimum Gasteiger partial charge on any atom is -0.383 e. The average molecular weight is 450 g/mol. The molecule has 0 bridgehead atoms. The van der Waals surface area contributed by atoms with Crippen LogP contribution in [0.2, 0.25) is 5.02 Å². The number of nitrogens with zero attached hydrogens (tertiary/aromatic N) is 3. The van der Waals surface area contributed by atoms with Gasteiger partial charge in [0.05, 0.1) is 10.2 Å². The number of aromatic nitrogens is 1. The number of halogens is 2. The van der Waals surface area contributed by atoms with Gasteiger partial charge in [0.1, 0.15) is 16.9 Å². The first-order chi connectivity index (χ1) is 14.4. The van der Waals surface area contributed by atoms with Crippen molar-refractivity contribution in [1.82, 2.24) is 14.8 Å². The molecule has 9 heteroatoms. The second kappa shape index (κ2) is 8.95. The van der Waals surface area contributed by atoms with Crippen molar-refractivity contribution >= 4 is 39.1 Å². The maximum Gasteiger partial charge on any atom is 0.254 e. The molecule has 2 aromatic carbocycles. The monoisotopic (exact) mass is 449 g/mol. The number of rotatable bonds is 5. The van der Waals surface area contributed by atoms with Crippen molar-refractivity contribution in [1.29, 1.82) is 0 Å². The normalized spacial score (nSPS) is 17.3. The molecule has 0 radical (unpaired) electrons. The lowest BCUT2D eigenvalue weighted by atomic mass is 10.1. The third kappa shape index (κ3) is 4.33. The van der Waals surface area contributed by atoms with Crippen molar-refractivity contribution in [2.24, 2.45) is 0 Å². The second-order valence-electron chi connectivity index (χ2n) is 7.21. The highest BCUT2D eigenvalue weighted by Crippen LogP contribution is 2.29. The fourth-order valence-electron chi connectivity index (χ4n) is 3.51. The number of hydrogen-bond donors (Lipinski definition) is 2. The largest absolute Gasteiger partial charge is 0.383 e. The van der Waals surface area contributed by atoms with E-state index in [-0.39, 0.29) is 5.82 Å². The first kappa shape index (κ1) is 21.1. The zero-order chi connectivity index (χ0) is 21.3. The molecule has 4 rings (SSSR count). The summed E-state index contributed by atoms with van der Waals surface area (Å²) in [4.78, 5) is 20.5. The first-order valence-electron chi connectivity index (χ1n) is 9.59. The minimum absolute atomic E-state index is 0.310. The van der Waals surface area contributed by atoms with E-state index >= 15 is 0 Å². The minimum atomic E-state index is -1.59. The van der Waals surface area contributed by atoms with Crippen LogP contribution in [0.3, 0.4) is 0 Å². The van der Waals surface area contributed by atoms with Crippen LogP contribution in [0.1, 0.15) is 16.7 Å². The van der Waals surface area contributed by atoms with Crippen LogP contribution >= 0.6 is 22.9 Å². The summed E-state index contributed by atoms with van der Waals surface area (Å²) in [5, 5.41) is 21.6. The summed E-state index contributed by atoms with van der Waals surface area (Å²) in [5.74, 6) is -0.888. The lowest BCUT2D eigenvalue weighted by Crippen LogP contribution is -2.52. The number of hydrogen-bond acceptors (Lipinski definition) is 6. The maximum absolute atomic E-state index is 14.0. The van der Waals surface area contributed by atoms with Gasteiger partial charge in [0.15, 0.2) is 6.10 Å². The smallest absolute Gasteiger partial charge is 0.254 e. The molecule has 1 aromatic heterocycles. The van der Waals surface area contributed by atoms with E-state index in [2.05, 4.69) is 4.98 Å². The molecule has 1 amide bonds. The van der Waals surface area contributed by atoms with Crippen molar-refractivity contribution in [2.45, 2.75) is 18.8 Å². The summed E-state index contributed by atoms with van der Waals surface area (Å²) >= 11 is 7.35. The second-order valence-corrected chi connectivity index (χ2v) is 8.68. The number of benzene rings is 2. The van der Waals surface area contributed by atoms with Crippen LogP contribution < -0.4 is 0 Å². The standard InChI is InChI=1S/C21H21ClFN3O3S/c22-14-4-3-5-15(23)13(14)12-25-8-10-26(11-9-25)21(29)19(28)18(27)20-24-16-6-1-2-7-17(16)30-20/h1-7,18-19,27-28H,8-12H2. The quantitative estimate of drug-likeness (QED) is 0.626. The van der Waals surface area contributed by atoms with E-state index in [1.54, 1.807) is 12.1 Å². The van der Waals surface area contributed by atoms with E-state index in [9.17, 15) is 19.4 Å². The Kier molecular flexibility index (Phi) is 6.31. The molecule has 0 aliphatic carbocycles. The van der Waals surface area contributed by atoms with Gasteiger partial charge >= 0.3 is 0 Å². The van der Waals surface area contributed by atoms with Crippen LogP contribution in [0.25, 0.3) is 10.2 Å². The molecule has 1 saturated heterocycles. The van der Waals surface area contributed by atoms with Gasteiger partial charge in [-0.25, -0.2) is 9.37 Å². The Hall–Kier alpha value is -2.10. The number of aliphatic hydroxyl groups is 2. The van der Waals surface area contributed by atoms with Crippen LogP contribution in [0.4, 0.5) is 4.39 Å². The predicted molar refractivity (Wildman–Crippen MR) is 114 cm³/mol. The summed E-state index contributed by atoms with van der Waals surface area (Å²) < 4.78 is 14.9. The zero-order valence-corrected chi connectivity index (χ0v) is 17.6. The Balaban J connectivity index is 1.36. The molecule has 2 unspecified atom stereocenters. The number of aliphatic hydroxyl groups excluding tert-OH is 2. The van der Waals surface area contributed by atoms with Crippen LogP contribution in [0.15, 0.2) is 42.5 Å². The van der Waals surface area contributed by atoms with Gasteiger partial charge in [-0.2, -0.15) is 0 Å². The number of fused-ring (bicyclic) bond motifs is 1. The zero-order valence-electron chi connectivity index (χ0n) is 16.0. The number of carbonyl (C=O) groups excluding carboxylic acids is 1. The summed E-state index contributed by atoms with van der Waals surface area (Å²) in [6.45, 7) is 2.12. The molecule has 30 heavy (non-hydrogen) atoms. The highest BCUT2D eigenvalue weighted by Gasteiger charge is 2.33. The number of piperazine rings is 1. The van der Waals surface area contributed by atoms with Crippen molar-refractivity contribution in [2.75, 3.05) is 26.2 Å². The Labute approximate surface area is 182 Å². The van der Waals surface area contributed by atoms with Gasteiger partial charge in [-0.1, -0.05) is 29.8 Å². The number of para-hydroxylation sites is 1. The Morgan fingerprint density at radius 3 is 2.57 bits per heavy atom. The van der Waals surface area contributed by atoms with Gasteiger partial charge in [-0.3, -0.25) is 9.69 Å². The van der Waals surface area contributed by atoms with Crippen LogP contribution in [-0.4, -0.2) is 63.2 Å². The van der Waals surface area contributed by atoms with Gasteiger partial charge in [-0.05, 0) is 24.3 Å².